The first-order chi connectivity index (χ1) is 12.0. The van der Waals surface area contributed by atoms with Crippen molar-refractivity contribution >= 4 is 17.6 Å². The lowest BCUT2D eigenvalue weighted by molar-refractivity contribution is -0.155. The molecule has 1 aliphatic heterocycles. The van der Waals surface area contributed by atoms with Gasteiger partial charge < -0.3 is 15.7 Å². The highest BCUT2D eigenvalue weighted by Crippen LogP contribution is 2.32. The molecule has 2 aromatic carbocycles. The number of carbonyl (C=O) groups excluding carboxylic acids is 1. The second-order valence-electron chi connectivity index (χ2n) is 6.15. The monoisotopic (exact) mass is 342 g/mol. The molecule has 130 valence electrons. The van der Waals surface area contributed by atoms with Crippen LogP contribution in [0.3, 0.4) is 0 Å². The molecular weight excluding hydrogens is 323 g/mol. The van der Waals surface area contributed by atoms with Gasteiger partial charge in [-0.1, -0.05) is 36.4 Å². The maximum atomic E-state index is 14.2. The molecule has 0 unspecified atom stereocenters. The van der Waals surface area contributed by atoms with Crippen LogP contribution in [0.15, 0.2) is 48.5 Å². The van der Waals surface area contributed by atoms with Crippen LogP contribution >= 0.6 is 0 Å². The summed E-state index contributed by atoms with van der Waals surface area (Å²) >= 11 is 0. The second kappa shape index (κ2) is 7.03. The van der Waals surface area contributed by atoms with Gasteiger partial charge in [0.15, 0.2) is 0 Å². The molecule has 0 spiro atoms. The highest BCUT2D eigenvalue weighted by atomic mass is 19.1. The topological polar surface area (TPSA) is 78.4 Å². The summed E-state index contributed by atoms with van der Waals surface area (Å²) in [5.74, 6) is -2.45. The number of carboxylic acid groups (broad SMARTS) is 1. The van der Waals surface area contributed by atoms with E-state index in [9.17, 15) is 19.1 Å². The fourth-order valence-corrected chi connectivity index (χ4v) is 3.06. The van der Waals surface area contributed by atoms with Crippen molar-refractivity contribution in [2.45, 2.75) is 12.8 Å². The van der Waals surface area contributed by atoms with E-state index in [2.05, 4.69) is 10.6 Å². The molecule has 0 saturated carbocycles. The van der Waals surface area contributed by atoms with Crippen molar-refractivity contribution in [3.63, 3.8) is 0 Å². The number of aliphatic carboxylic acids is 1. The molecule has 5 nitrogen and oxygen atoms in total. The van der Waals surface area contributed by atoms with Crippen LogP contribution in [0.4, 0.5) is 10.1 Å². The maximum Gasteiger partial charge on any atom is 0.319 e. The third-order valence-corrected chi connectivity index (χ3v) is 4.62. The molecule has 0 bridgehead atoms. The zero-order valence-electron chi connectivity index (χ0n) is 13.6. The molecule has 1 heterocycles. The van der Waals surface area contributed by atoms with E-state index in [0.29, 0.717) is 13.1 Å². The Morgan fingerprint density at radius 2 is 1.72 bits per heavy atom. The van der Waals surface area contributed by atoms with E-state index in [-0.39, 0.29) is 18.5 Å². The van der Waals surface area contributed by atoms with Gasteiger partial charge in [-0.05, 0) is 49.2 Å². The standard InChI is InChI=1S/C19H19FN2O3/c20-15-7-6-14(13-4-2-1-3-5-13)12-16(15)22-17(23)19(18(24)25)8-10-21-11-9-19/h1-7,12,21H,8-11H2,(H,22,23)(H,24,25). The quantitative estimate of drug-likeness (QED) is 0.747. The van der Waals surface area contributed by atoms with E-state index in [1.54, 1.807) is 6.07 Å². The van der Waals surface area contributed by atoms with Crippen LogP contribution in [0, 0.1) is 11.2 Å². The van der Waals surface area contributed by atoms with E-state index in [1.807, 2.05) is 30.3 Å². The molecule has 25 heavy (non-hydrogen) atoms. The summed E-state index contributed by atoms with van der Waals surface area (Å²) < 4.78 is 14.2. The molecule has 0 atom stereocenters. The molecule has 1 amide bonds. The van der Waals surface area contributed by atoms with Gasteiger partial charge in [-0.15, -0.1) is 0 Å². The molecule has 1 saturated heterocycles. The zero-order chi connectivity index (χ0) is 17.9. The van der Waals surface area contributed by atoms with Crippen molar-refractivity contribution in [3.8, 4) is 11.1 Å². The number of carbonyl (C=O) groups is 2. The van der Waals surface area contributed by atoms with Crippen molar-refractivity contribution in [2.24, 2.45) is 5.41 Å². The van der Waals surface area contributed by atoms with Crippen LogP contribution in [0.2, 0.25) is 0 Å². The van der Waals surface area contributed by atoms with Gasteiger partial charge in [0.25, 0.3) is 0 Å². The minimum atomic E-state index is -1.53. The number of carboxylic acids is 1. The number of amides is 1. The number of hydrogen-bond donors (Lipinski definition) is 3. The number of rotatable bonds is 4. The molecule has 3 N–H and O–H groups in total. The van der Waals surface area contributed by atoms with Gasteiger partial charge in [-0.3, -0.25) is 9.59 Å². The number of hydrogen-bond acceptors (Lipinski definition) is 3. The average molecular weight is 342 g/mol. The molecular formula is C19H19FN2O3. The Hall–Kier alpha value is -2.73. The third kappa shape index (κ3) is 3.39. The Morgan fingerprint density at radius 3 is 2.36 bits per heavy atom. The van der Waals surface area contributed by atoms with Crippen LogP contribution in [0.1, 0.15) is 12.8 Å². The maximum absolute atomic E-state index is 14.2. The largest absolute Gasteiger partial charge is 0.480 e. The van der Waals surface area contributed by atoms with Crippen molar-refractivity contribution in [2.75, 3.05) is 18.4 Å². The molecule has 1 aliphatic rings. The predicted octanol–water partition coefficient (Wildman–Crippen LogP) is 2.89. The number of anilines is 1. The van der Waals surface area contributed by atoms with E-state index in [4.69, 9.17) is 0 Å². The van der Waals surface area contributed by atoms with Gasteiger partial charge in [-0.2, -0.15) is 0 Å². The van der Waals surface area contributed by atoms with E-state index in [0.717, 1.165) is 11.1 Å². The van der Waals surface area contributed by atoms with Crippen LogP contribution in [-0.2, 0) is 9.59 Å². The summed E-state index contributed by atoms with van der Waals surface area (Å²) in [7, 11) is 0. The summed E-state index contributed by atoms with van der Waals surface area (Å²) in [4.78, 5) is 24.3. The molecule has 0 aromatic heterocycles. The predicted molar refractivity (Wildman–Crippen MR) is 92.6 cm³/mol. The van der Waals surface area contributed by atoms with E-state index < -0.39 is 23.1 Å². The summed E-state index contributed by atoms with van der Waals surface area (Å²) in [6, 6.07) is 13.8. The first-order valence-electron chi connectivity index (χ1n) is 8.13. The Balaban J connectivity index is 1.89. The molecule has 2 aromatic rings. The molecule has 0 aliphatic carbocycles. The molecule has 1 fully saturated rings. The van der Waals surface area contributed by atoms with Crippen molar-refractivity contribution < 1.29 is 19.1 Å². The number of halogens is 1. The second-order valence-corrected chi connectivity index (χ2v) is 6.15. The number of nitrogens with one attached hydrogen (secondary N) is 2. The molecule has 3 rings (SSSR count). The highest BCUT2D eigenvalue weighted by Gasteiger charge is 2.47. The Labute approximate surface area is 144 Å². The SMILES string of the molecule is O=C(O)C1(C(=O)Nc2cc(-c3ccccc3)ccc2F)CCNCC1. The van der Waals surface area contributed by atoms with Gasteiger partial charge in [0.05, 0.1) is 5.69 Å². The molecule has 6 heteroatoms. The number of benzene rings is 2. The smallest absolute Gasteiger partial charge is 0.319 e. The first kappa shape index (κ1) is 17.1. The summed E-state index contributed by atoms with van der Waals surface area (Å²) in [5.41, 5.74) is 0.0887. The summed E-state index contributed by atoms with van der Waals surface area (Å²) in [5, 5.41) is 15.1. The lowest BCUT2D eigenvalue weighted by atomic mass is 9.78. The minimum Gasteiger partial charge on any atom is -0.480 e. The van der Waals surface area contributed by atoms with E-state index >= 15 is 0 Å². The Bertz CT molecular complexity index is 787. The van der Waals surface area contributed by atoms with Crippen LogP contribution in [0.25, 0.3) is 11.1 Å². The van der Waals surface area contributed by atoms with Gasteiger partial charge in [0.2, 0.25) is 5.91 Å². The van der Waals surface area contributed by atoms with Gasteiger partial charge in [0.1, 0.15) is 11.2 Å². The lowest BCUT2D eigenvalue weighted by Crippen LogP contribution is -2.50. The average Bonchev–Trinajstić information content (AvgIpc) is 2.64. The van der Waals surface area contributed by atoms with Gasteiger partial charge in [0, 0.05) is 0 Å². The van der Waals surface area contributed by atoms with Crippen LogP contribution in [-0.4, -0.2) is 30.1 Å². The van der Waals surface area contributed by atoms with Crippen LogP contribution in [0.5, 0.6) is 0 Å². The molecule has 0 radical (unpaired) electrons. The Kier molecular flexibility index (Phi) is 4.81. The zero-order valence-corrected chi connectivity index (χ0v) is 13.6. The first-order valence-corrected chi connectivity index (χ1v) is 8.13. The van der Waals surface area contributed by atoms with Gasteiger partial charge >= 0.3 is 5.97 Å². The van der Waals surface area contributed by atoms with E-state index in [1.165, 1.54) is 12.1 Å². The fraction of sp³-hybridized carbons (Fsp3) is 0.263. The lowest BCUT2D eigenvalue weighted by Gasteiger charge is -2.32. The third-order valence-electron chi connectivity index (χ3n) is 4.62. The van der Waals surface area contributed by atoms with Crippen LogP contribution < -0.4 is 10.6 Å². The summed E-state index contributed by atoms with van der Waals surface area (Å²) in [6.45, 7) is 0.874. The summed E-state index contributed by atoms with van der Waals surface area (Å²) in [6.07, 6.45) is 0.350. The van der Waals surface area contributed by atoms with Crippen molar-refractivity contribution in [1.82, 2.24) is 5.32 Å². The fourth-order valence-electron chi connectivity index (χ4n) is 3.06. The van der Waals surface area contributed by atoms with Crippen molar-refractivity contribution in [1.29, 1.82) is 0 Å². The normalized spacial score (nSPS) is 16.2. The van der Waals surface area contributed by atoms with Crippen molar-refractivity contribution in [3.05, 3.63) is 54.3 Å². The number of piperidine rings is 1. The highest BCUT2D eigenvalue weighted by molar-refractivity contribution is 6.08. The minimum absolute atomic E-state index is 0.00879. The Morgan fingerprint density at radius 1 is 1.04 bits per heavy atom. The van der Waals surface area contributed by atoms with Gasteiger partial charge in [-0.25, -0.2) is 4.39 Å².